The predicted molar refractivity (Wildman–Crippen MR) is 81.9 cm³/mol. The molecule has 0 saturated carbocycles. The predicted octanol–water partition coefficient (Wildman–Crippen LogP) is 3.93. The van der Waals surface area contributed by atoms with Crippen molar-refractivity contribution in [2.75, 3.05) is 11.9 Å². The normalized spacial score (nSPS) is 10.3. The first kappa shape index (κ1) is 14.5. The lowest BCUT2D eigenvalue weighted by Gasteiger charge is -2.03. The molecule has 1 N–H and O–H groups in total. The van der Waals surface area contributed by atoms with Gasteiger partial charge in [-0.15, -0.1) is 0 Å². The second kappa shape index (κ2) is 6.52. The molecule has 2 rings (SSSR count). The second-order valence-corrected chi connectivity index (χ2v) is 5.33. The van der Waals surface area contributed by atoms with Crippen molar-refractivity contribution in [3.05, 3.63) is 40.4 Å². The number of aromatic nitrogens is 1. The minimum atomic E-state index is -0.308. The van der Waals surface area contributed by atoms with Crippen molar-refractivity contribution >= 4 is 28.1 Å². The van der Waals surface area contributed by atoms with Gasteiger partial charge in [-0.25, -0.2) is 9.78 Å². The topological polar surface area (TPSA) is 51.2 Å². The summed E-state index contributed by atoms with van der Waals surface area (Å²) in [4.78, 5) is 16.6. The van der Waals surface area contributed by atoms with Gasteiger partial charge in [-0.05, 0) is 38.0 Å². The molecule has 0 spiro atoms. The fraction of sp³-hybridized carbons (Fsp3) is 0.333. The quantitative estimate of drug-likeness (QED) is 0.848. The van der Waals surface area contributed by atoms with Crippen molar-refractivity contribution in [3.63, 3.8) is 0 Å². The Balaban J connectivity index is 2.13. The Morgan fingerprint density at radius 1 is 1.30 bits per heavy atom. The van der Waals surface area contributed by atoms with E-state index in [-0.39, 0.29) is 5.97 Å². The van der Waals surface area contributed by atoms with Crippen LogP contribution in [0, 0.1) is 6.92 Å². The van der Waals surface area contributed by atoms with E-state index in [0.717, 1.165) is 12.1 Å². The van der Waals surface area contributed by atoms with Gasteiger partial charge in [0.2, 0.25) is 0 Å². The number of carbonyl (C=O) groups is 1. The van der Waals surface area contributed by atoms with Gasteiger partial charge in [0.05, 0.1) is 12.3 Å². The van der Waals surface area contributed by atoms with E-state index in [1.807, 2.05) is 19.1 Å². The van der Waals surface area contributed by atoms with Crippen LogP contribution in [0.25, 0.3) is 0 Å². The van der Waals surface area contributed by atoms with Gasteiger partial charge in [0.15, 0.2) is 5.13 Å². The van der Waals surface area contributed by atoms with E-state index in [4.69, 9.17) is 4.74 Å². The Morgan fingerprint density at radius 3 is 2.60 bits per heavy atom. The zero-order valence-electron chi connectivity index (χ0n) is 11.9. The lowest BCUT2D eigenvalue weighted by atomic mass is 10.1. The van der Waals surface area contributed by atoms with Gasteiger partial charge in [-0.2, -0.15) is 0 Å². The third-order valence-corrected chi connectivity index (χ3v) is 3.92. The average molecular weight is 290 g/mol. The molecule has 20 heavy (non-hydrogen) atoms. The third-order valence-electron chi connectivity index (χ3n) is 2.87. The summed E-state index contributed by atoms with van der Waals surface area (Å²) in [5, 5.41) is 3.92. The fourth-order valence-corrected chi connectivity index (χ4v) is 2.66. The maximum absolute atomic E-state index is 11.7. The summed E-state index contributed by atoms with van der Waals surface area (Å²) in [6.07, 6.45) is 1.02. The van der Waals surface area contributed by atoms with Crippen LogP contribution in [0.1, 0.15) is 34.8 Å². The van der Waals surface area contributed by atoms with Gasteiger partial charge < -0.3 is 10.1 Å². The Bertz CT molecular complexity index is 590. The van der Waals surface area contributed by atoms with E-state index in [1.54, 1.807) is 6.92 Å². The summed E-state index contributed by atoms with van der Waals surface area (Å²) in [6, 6.07) is 8.18. The van der Waals surface area contributed by atoms with Crippen LogP contribution in [-0.2, 0) is 11.2 Å². The molecular formula is C15H18N2O2S. The summed E-state index contributed by atoms with van der Waals surface area (Å²) < 4.78 is 5.01. The highest BCUT2D eigenvalue weighted by molar-refractivity contribution is 7.17. The van der Waals surface area contributed by atoms with Crippen molar-refractivity contribution in [1.82, 2.24) is 4.98 Å². The molecule has 0 atom stereocenters. The van der Waals surface area contributed by atoms with Crippen LogP contribution in [0.3, 0.4) is 0 Å². The average Bonchev–Trinajstić information content (AvgIpc) is 2.81. The van der Waals surface area contributed by atoms with Crippen molar-refractivity contribution in [2.45, 2.75) is 27.2 Å². The van der Waals surface area contributed by atoms with E-state index in [9.17, 15) is 4.79 Å². The van der Waals surface area contributed by atoms with Crippen LogP contribution >= 0.6 is 11.3 Å². The van der Waals surface area contributed by atoms with Gasteiger partial charge in [0.25, 0.3) is 0 Å². The molecule has 0 fully saturated rings. The van der Waals surface area contributed by atoms with Crippen molar-refractivity contribution < 1.29 is 9.53 Å². The number of hydrogen-bond donors (Lipinski definition) is 1. The summed E-state index contributed by atoms with van der Waals surface area (Å²) in [6.45, 7) is 6.10. The zero-order valence-corrected chi connectivity index (χ0v) is 12.7. The van der Waals surface area contributed by atoms with Gasteiger partial charge in [-0.1, -0.05) is 30.4 Å². The number of hydrogen-bond acceptors (Lipinski definition) is 5. The molecule has 106 valence electrons. The molecule has 0 unspecified atom stereocenters. The number of rotatable bonds is 5. The number of anilines is 2. The Labute approximate surface area is 122 Å². The number of thiazole rings is 1. The molecule has 5 heteroatoms. The summed E-state index contributed by atoms with van der Waals surface area (Å²) in [5.41, 5.74) is 2.95. The second-order valence-electron chi connectivity index (χ2n) is 4.33. The third kappa shape index (κ3) is 3.36. The van der Waals surface area contributed by atoms with Crippen LogP contribution in [0.15, 0.2) is 24.3 Å². The van der Waals surface area contributed by atoms with E-state index >= 15 is 0 Å². The summed E-state index contributed by atoms with van der Waals surface area (Å²) in [7, 11) is 0. The van der Waals surface area contributed by atoms with Gasteiger partial charge >= 0.3 is 5.97 Å². The molecule has 4 nitrogen and oxygen atoms in total. The molecule has 0 radical (unpaired) electrons. The molecule has 1 aromatic carbocycles. The SMILES string of the molecule is CCOC(=O)c1sc(Nc2ccc(CC)cc2)nc1C. The molecule has 0 aliphatic carbocycles. The van der Waals surface area contributed by atoms with Crippen molar-refractivity contribution in [2.24, 2.45) is 0 Å². The molecule has 0 bridgehead atoms. The number of nitrogens with one attached hydrogen (secondary N) is 1. The minimum absolute atomic E-state index is 0.308. The van der Waals surface area contributed by atoms with Crippen LogP contribution in [0.5, 0.6) is 0 Å². The first-order chi connectivity index (χ1) is 9.63. The largest absolute Gasteiger partial charge is 0.462 e. The molecule has 1 heterocycles. The monoisotopic (exact) mass is 290 g/mol. The van der Waals surface area contributed by atoms with E-state index < -0.39 is 0 Å². The number of esters is 1. The molecule has 2 aromatic rings. The first-order valence-corrected chi connectivity index (χ1v) is 7.46. The van der Waals surface area contributed by atoms with Gasteiger partial charge in [0.1, 0.15) is 4.88 Å². The Morgan fingerprint density at radius 2 is 2.00 bits per heavy atom. The fourth-order valence-electron chi connectivity index (χ4n) is 1.78. The zero-order chi connectivity index (χ0) is 14.5. The summed E-state index contributed by atoms with van der Waals surface area (Å²) in [5.74, 6) is -0.308. The number of benzene rings is 1. The number of ether oxygens (including phenoxy) is 1. The molecule has 0 saturated heterocycles. The minimum Gasteiger partial charge on any atom is -0.462 e. The molecule has 1 aromatic heterocycles. The van der Waals surface area contributed by atoms with Gasteiger partial charge in [-0.3, -0.25) is 0 Å². The number of carbonyl (C=O) groups excluding carboxylic acids is 1. The summed E-state index contributed by atoms with van der Waals surface area (Å²) >= 11 is 1.32. The van der Waals surface area contributed by atoms with Crippen molar-refractivity contribution in [3.8, 4) is 0 Å². The van der Waals surface area contributed by atoms with Crippen molar-refractivity contribution in [1.29, 1.82) is 0 Å². The van der Waals surface area contributed by atoms with Crippen LogP contribution in [0.4, 0.5) is 10.8 Å². The van der Waals surface area contributed by atoms with Crippen LogP contribution in [0.2, 0.25) is 0 Å². The highest BCUT2D eigenvalue weighted by Gasteiger charge is 2.16. The molecule has 0 aliphatic rings. The van der Waals surface area contributed by atoms with E-state index in [1.165, 1.54) is 16.9 Å². The Hall–Kier alpha value is -1.88. The highest BCUT2D eigenvalue weighted by atomic mass is 32.1. The maximum atomic E-state index is 11.7. The van der Waals surface area contributed by atoms with Crippen LogP contribution in [-0.4, -0.2) is 17.6 Å². The number of aryl methyl sites for hydroxylation is 2. The molecular weight excluding hydrogens is 272 g/mol. The maximum Gasteiger partial charge on any atom is 0.350 e. The van der Waals surface area contributed by atoms with Crippen LogP contribution < -0.4 is 5.32 Å². The Kier molecular flexibility index (Phi) is 4.74. The number of nitrogens with zero attached hydrogens (tertiary/aromatic N) is 1. The first-order valence-electron chi connectivity index (χ1n) is 6.64. The standard InChI is InChI=1S/C15H18N2O2S/c1-4-11-6-8-12(9-7-11)17-15-16-10(3)13(20-15)14(18)19-5-2/h6-9H,4-5H2,1-3H3,(H,16,17). The lowest BCUT2D eigenvalue weighted by Crippen LogP contribution is -2.03. The lowest BCUT2D eigenvalue weighted by molar-refractivity contribution is 0.0531. The highest BCUT2D eigenvalue weighted by Crippen LogP contribution is 2.26. The van der Waals surface area contributed by atoms with E-state index in [0.29, 0.717) is 22.3 Å². The smallest absolute Gasteiger partial charge is 0.350 e. The molecule has 0 amide bonds. The molecule has 0 aliphatic heterocycles. The van der Waals surface area contributed by atoms with E-state index in [2.05, 4.69) is 29.4 Å². The van der Waals surface area contributed by atoms with Gasteiger partial charge in [0, 0.05) is 5.69 Å².